The molecule has 2 rings (SSSR count). The molecule has 0 spiro atoms. The van der Waals surface area contributed by atoms with Gasteiger partial charge >= 0.3 is 0 Å². The predicted octanol–water partition coefficient (Wildman–Crippen LogP) is 4.74. The molecule has 0 saturated carbocycles. The number of benzene rings is 2. The molecule has 104 valence electrons. The molecule has 2 aromatic carbocycles. The lowest BCUT2D eigenvalue weighted by molar-refractivity contribution is 0.0993. The number of anilines is 1. The van der Waals surface area contributed by atoms with E-state index < -0.39 is 0 Å². The van der Waals surface area contributed by atoms with Crippen molar-refractivity contribution in [2.75, 3.05) is 11.9 Å². The molecule has 0 aliphatic carbocycles. The Morgan fingerprint density at radius 1 is 1.00 bits per heavy atom. The monoisotopic (exact) mass is 287 g/mol. The number of amides is 1. The Morgan fingerprint density at radius 2 is 1.55 bits per heavy atom. The molecule has 3 heteroatoms. The Hall–Kier alpha value is -1.80. The van der Waals surface area contributed by atoms with Crippen molar-refractivity contribution >= 4 is 23.2 Å². The number of nitrogens with zero attached hydrogens (tertiary/aromatic N) is 1. The van der Waals surface area contributed by atoms with Crippen LogP contribution in [0.2, 0.25) is 5.02 Å². The zero-order valence-electron chi connectivity index (χ0n) is 11.9. The third-order valence-electron chi connectivity index (χ3n) is 3.34. The van der Waals surface area contributed by atoms with Crippen molar-refractivity contribution in [1.29, 1.82) is 0 Å². The number of hydrogen-bond donors (Lipinski definition) is 0. The van der Waals surface area contributed by atoms with Crippen LogP contribution in [0.25, 0.3) is 0 Å². The molecule has 2 nitrogen and oxygen atoms in total. The molecule has 0 aromatic heterocycles. The molecule has 0 radical (unpaired) electrons. The smallest absolute Gasteiger partial charge is 0.258 e. The van der Waals surface area contributed by atoms with Gasteiger partial charge in [-0.3, -0.25) is 4.79 Å². The molecule has 0 aliphatic heterocycles. The van der Waals surface area contributed by atoms with E-state index in [9.17, 15) is 4.79 Å². The van der Waals surface area contributed by atoms with Gasteiger partial charge in [-0.2, -0.15) is 0 Å². The van der Waals surface area contributed by atoms with Crippen molar-refractivity contribution in [3.05, 3.63) is 64.7 Å². The van der Waals surface area contributed by atoms with Gasteiger partial charge in [-0.05, 0) is 47.9 Å². The normalized spacial score (nSPS) is 10.7. The van der Waals surface area contributed by atoms with Crippen LogP contribution in [0.5, 0.6) is 0 Å². The van der Waals surface area contributed by atoms with Gasteiger partial charge in [0, 0.05) is 23.3 Å². The average molecular weight is 288 g/mol. The number of carbonyl (C=O) groups excluding carboxylic acids is 1. The van der Waals surface area contributed by atoms with Crippen LogP contribution in [0.15, 0.2) is 48.5 Å². The van der Waals surface area contributed by atoms with E-state index in [0.29, 0.717) is 16.5 Å². The quantitative estimate of drug-likeness (QED) is 0.798. The lowest BCUT2D eigenvalue weighted by atomic mass is 10.0. The Labute approximate surface area is 125 Å². The van der Waals surface area contributed by atoms with Gasteiger partial charge in [0.2, 0.25) is 0 Å². The summed E-state index contributed by atoms with van der Waals surface area (Å²) in [6, 6.07) is 15.0. The Balaban J connectivity index is 2.19. The van der Waals surface area contributed by atoms with Gasteiger partial charge in [0.1, 0.15) is 0 Å². The highest BCUT2D eigenvalue weighted by molar-refractivity contribution is 6.30. The molecule has 2 aromatic rings. The minimum atomic E-state index is -0.0426. The van der Waals surface area contributed by atoms with Crippen molar-refractivity contribution in [2.24, 2.45) is 0 Å². The van der Waals surface area contributed by atoms with Crippen molar-refractivity contribution in [3.8, 4) is 0 Å². The lowest BCUT2D eigenvalue weighted by Crippen LogP contribution is -2.26. The minimum absolute atomic E-state index is 0.0426. The van der Waals surface area contributed by atoms with Crippen LogP contribution in [0.4, 0.5) is 5.69 Å². The standard InChI is InChI=1S/C17H18ClNO/c1-12(2)13-6-10-16(11-7-13)19(3)17(20)14-4-8-15(18)9-5-14/h4-12H,1-3H3. The average Bonchev–Trinajstić information content (AvgIpc) is 2.46. The molecule has 1 amide bonds. The Bertz CT molecular complexity index is 587. The van der Waals surface area contributed by atoms with Gasteiger partial charge in [0.25, 0.3) is 5.91 Å². The molecular weight excluding hydrogens is 270 g/mol. The number of rotatable bonds is 3. The molecule has 0 N–H and O–H groups in total. The van der Waals surface area contributed by atoms with E-state index in [1.807, 2.05) is 12.1 Å². The molecule has 0 unspecified atom stereocenters. The second kappa shape index (κ2) is 6.10. The van der Waals surface area contributed by atoms with Crippen molar-refractivity contribution in [1.82, 2.24) is 0 Å². The number of carbonyl (C=O) groups is 1. The second-order valence-corrected chi connectivity index (χ2v) is 5.55. The van der Waals surface area contributed by atoms with Crippen molar-refractivity contribution < 1.29 is 4.79 Å². The SMILES string of the molecule is CC(C)c1ccc(N(C)C(=O)c2ccc(Cl)cc2)cc1. The molecular formula is C17H18ClNO. The predicted molar refractivity (Wildman–Crippen MR) is 84.7 cm³/mol. The third kappa shape index (κ3) is 3.20. The summed E-state index contributed by atoms with van der Waals surface area (Å²) in [7, 11) is 1.78. The lowest BCUT2D eigenvalue weighted by Gasteiger charge is -2.18. The molecule has 0 atom stereocenters. The summed E-state index contributed by atoms with van der Waals surface area (Å²) < 4.78 is 0. The fourth-order valence-corrected chi connectivity index (χ4v) is 2.11. The first-order valence-corrected chi connectivity index (χ1v) is 7.00. The number of hydrogen-bond acceptors (Lipinski definition) is 1. The van der Waals surface area contributed by atoms with Gasteiger partial charge in [0.15, 0.2) is 0 Å². The summed E-state index contributed by atoms with van der Waals surface area (Å²) >= 11 is 5.84. The molecule has 0 saturated heterocycles. The summed E-state index contributed by atoms with van der Waals surface area (Å²) in [5.74, 6) is 0.445. The third-order valence-corrected chi connectivity index (χ3v) is 3.59. The highest BCUT2D eigenvalue weighted by Gasteiger charge is 2.13. The van der Waals surface area contributed by atoms with Crippen molar-refractivity contribution in [3.63, 3.8) is 0 Å². The van der Waals surface area contributed by atoms with E-state index in [1.54, 1.807) is 36.2 Å². The maximum Gasteiger partial charge on any atom is 0.258 e. The summed E-state index contributed by atoms with van der Waals surface area (Å²) in [5.41, 5.74) is 2.78. The van der Waals surface area contributed by atoms with Gasteiger partial charge in [-0.1, -0.05) is 37.6 Å². The van der Waals surface area contributed by atoms with E-state index in [-0.39, 0.29) is 5.91 Å². The topological polar surface area (TPSA) is 20.3 Å². The van der Waals surface area contributed by atoms with E-state index >= 15 is 0 Å². The molecule has 20 heavy (non-hydrogen) atoms. The van der Waals surface area contributed by atoms with Gasteiger partial charge in [0.05, 0.1) is 0 Å². The van der Waals surface area contributed by atoms with Gasteiger partial charge in [-0.15, -0.1) is 0 Å². The van der Waals surface area contributed by atoms with Crippen LogP contribution in [0.3, 0.4) is 0 Å². The minimum Gasteiger partial charge on any atom is -0.311 e. The highest BCUT2D eigenvalue weighted by atomic mass is 35.5. The zero-order chi connectivity index (χ0) is 14.7. The van der Waals surface area contributed by atoms with Crippen LogP contribution in [-0.2, 0) is 0 Å². The summed E-state index contributed by atoms with van der Waals surface area (Å²) in [6.07, 6.45) is 0. The van der Waals surface area contributed by atoms with E-state index in [4.69, 9.17) is 11.6 Å². The fourth-order valence-electron chi connectivity index (χ4n) is 1.99. The summed E-state index contributed by atoms with van der Waals surface area (Å²) in [6.45, 7) is 4.30. The van der Waals surface area contributed by atoms with E-state index in [1.165, 1.54) is 5.56 Å². The first-order chi connectivity index (χ1) is 9.49. The van der Waals surface area contributed by atoms with Gasteiger partial charge in [-0.25, -0.2) is 0 Å². The zero-order valence-corrected chi connectivity index (χ0v) is 12.7. The first-order valence-electron chi connectivity index (χ1n) is 6.62. The fraction of sp³-hybridized carbons (Fsp3) is 0.235. The maximum absolute atomic E-state index is 12.4. The largest absolute Gasteiger partial charge is 0.311 e. The van der Waals surface area contributed by atoms with E-state index in [2.05, 4.69) is 26.0 Å². The second-order valence-electron chi connectivity index (χ2n) is 5.12. The van der Waals surface area contributed by atoms with Gasteiger partial charge < -0.3 is 4.90 Å². The first kappa shape index (κ1) is 14.6. The molecule has 0 heterocycles. The number of halogens is 1. The van der Waals surface area contributed by atoms with Crippen LogP contribution in [0.1, 0.15) is 35.7 Å². The summed E-state index contributed by atoms with van der Waals surface area (Å²) in [5, 5.41) is 0.630. The Morgan fingerprint density at radius 3 is 2.05 bits per heavy atom. The van der Waals surface area contributed by atoms with Crippen LogP contribution in [0, 0.1) is 0 Å². The molecule has 0 fully saturated rings. The Kier molecular flexibility index (Phi) is 4.46. The van der Waals surface area contributed by atoms with Crippen LogP contribution in [-0.4, -0.2) is 13.0 Å². The molecule has 0 bridgehead atoms. The molecule has 0 aliphatic rings. The van der Waals surface area contributed by atoms with E-state index in [0.717, 1.165) is 5.69 Å². The van der Waals surface area contributed by atoms with Crippen LogP contribution < -0.4 is 4.90 Å². The van der Waals surface area contributed by atoms with Crippen molar-refractivity contribution in [2.45, 2.75) is 19.8 Å². The maximum atomic E-state index is 12.4. The van der Waals surface area contributed by atoms with Crippen LogP contribution >= 0.6 is 11.6 Å². The highest BCUT2D eigenvalue weighted by Crippen LogP contribution is 2.21. The summed E-state index contributed by atoms with van der Waals surface area (Å²) in [4.78, 5) is 14.0.